The SMILES string of the molecule is COc1ccc(OC)c([C@H]2N=C(c3ccc(C)cc3)C[C@@H](c3cc(Br)ccc3O)N2)c1. The van der Waals surface area contributed by atoms with Crippen molar-refractivity contribution in [3.05, 3.63) is 87.4 Å². The Bertz CT molecular complexity index is 1110. The van der Waals surface area contributed by atoms with Gasteiger partial charge in [-0.25, -0.2) is 0 Å². The summed E-state index contributed by atoms with van der Waals surface area (Å²) < 4.78 is 12.0. The lowest BCUT2D eigenvalue weighted by molar-refractivity contribution is 0.374. The zero-order valence-corrected chi connectivity index (χ0v) is 19.3. The average Bonchev–Trinajstić information content (AvgIpc) is 2.80. The number of aliphatic imine (C=N–C) groups is 1. The number of nitrogens with zero attached hydrogens (tertiary/aromatic N) is 1. The van der Waals surface area contributed by atoms with Gasteiger partial charge >= 0.3 is 0 Å². The van der Waals surface area contributed by atoms with E-state index in [9.17, 15) is 5.11 Å². The van der Waals surface area contributed by atoms with E-state index in [2.05, 4.69) is 52.4 Å². The number of phenols is 1. The number of rotatable bonds is 5. The molecule has 0 saturated carbocycles. The third-order valence-electron chi connectivity index (χ3n) is 5.52. The summed E-state index contributed by atoms with van der Waals surface area (Å²) in [6.45, 7) is 2.07. The molecule has 2 atom stereocenters. The van der Waals surface area contributed by atoms with E-state index in [1.807, 2.05) is 30.3 Å². The number of aromatic hydroxyl groups is 1. The van der Waals surface area contributed by atoms with E-state index in [0.29, 0.717) is 6.42 Å². The molecule has 0 fully saturated rings. The lowest BCUT2D eigenvalue weighted by Gasteiger charge is -2.31. The molecule has 0 unspecified atom stereocenters. The van der Waals surface area contributed by atoms with Crippen LogP contribution in [0, 0.1) is 6.92 Å². The van der Waals surface area contributed by atoms with Crippen molar-refractivity contribution in [1.82, 2.24) is 5.32 Å². The van der Waals surface area contributed by atoms with Crippen molar-refractivity contribution >= 4 is 21.6 Å². The molecule has 1 heterocycles. The van der Waals surface area contributed by atoms with E-state index >= 15 is 0 Å². The Balaban J connectivity index is 1.82. The second kappa shape index (κ2) is 9.12. The van der Waals surface area contributed by atoms with Crippen molar-refractivity contribution in [3.63, 3.8) is 0 Å². The van der Waals surface area contributed by atoms with Gasteiger partial charge in [-0.2, -0.15) is 0 Å². The normalized spacial score (nSPS) is 18.4. The van der Waals surface area contributed by atoms with E-state index in [1.165, 1.54) is 5.56 Å². The number of phenolic OH excluding ortho intramolecular Hbond substituents is 1. The molecule has 4 rings (SSSR count). The maximum Gasteiger partial charge on any atom is 0.130 e. The number of hydrogen-bond acceptors (Lipinski definition) is 5. The Morgan fingerprint density at radius 2 is 1.74 bits per heavy atom. The van der Waals surface area contributed by atoms with Gasteiger partial charge in [0, 0.05) is 33.8 Å². The van der Waals surface area contributed by atoms with Gasteiger partial charge in [-0.1, -0.05) is 45.8 Å². The predicted molar refractivity (Wildman–Crippen MR) is 126 cm³/mol. The van der Waals surface area contributed by atoms with Crippen molar-refractivity contribution in [3.8, 4) is 17.2 Å². The van der Waals surface area contributed by atoms with E-state index in [-0.39, 0.29) is 18.0 Å². The molecule has 160 valence electrons. The van der Waals surface area contributed by atoms with Crippen molar-refractivity contribution < 1.29 is 14.6 Å². The maximum atomic E-state index is 10.6. The summed E-state index contributed by atoms with van der Waals surface area (Å²) in [4.78, 5) is 5.04. The number of hydrogen-bond donors (Lipinski definition) is 2. The van der Waals surface area contributed by atoms with Gasteiger partial charge in [0.05, 0.1) is 14.2 Å². The molecule has 6 heteroatoms. The molecular formula is C25H25BrN2O3. The molecule has 0 bridgehead atoms. The molecular weight excluding hydrogens is 456 g/mol. The van der Waals surface area contributed by atoms with E-state index in [0.717, 1.165) is 38.4 Å². The number of ether oxygens (including phenoxy) is 2. The molecule has 3 aromatic carbocycles. The van der Waals surface area contributed by atoms with E-state index in [1.54, 1.807) is 20.3 Å². The highest BCUT2D eigenvalue weighted by molar-refractivity contribution is 9.10. The number of benzene rings is 3. The third-order valence-corrected chi connectivity index (χ3v) is 6.02. The monoisotopic (exact) mass is 480 g/mol. The first kappa shape index (κ1) is 21.4. The average molecular weight is 481 g/mol. The quantitative estimate of drug-likeness (QED) is 0.491. The minimum absolute atomic E-state index is 0.132. The fraction of sp³-hybridized carbons (Fsp3) is 0.240. The molecule has 31 heavy (non-hydrogen) atoms. The molecule has 0 spiro atoms. The van der Waals surface area contributed by atoms with Crippen LogP contribution in [0.2, 0.25) is 0 Å². The highest BCUT2D eigenvalue weighted by Gasteiger charge is 2.29. The molecule has 0 radical (unpaired) electrons. The highest BCUT2D eigenvalue weighted by Crippen LogP contribution is 2.38. The second-order valence-electron chi connectivity index (χ2n) is 7.58. The van der Waals surface area contributed by atoms with Gasteiger partial charge in [0.25, 0.3) is 0 Å². The van der Waals surface area contributed by atoms with Gasteiger partial charge in [-0.15, -0.1) is 0 Å². The molecule has 5 nitrogen and oxygen atoms in total. The molecule has 0 amide bonds. The molecule has 1 aliphatic heterocycles. The Kier molecular flexibility index (Phi) is 6.30. The van der Waals surface area contributed by atoms with Crippen LogP contribution in [0.3, 0.4) is 0 Å². The lowest BCUT2D eigenvalue weighted by Crippen LogP contribution is -2.33. The van der Waals surface area contributed by atoms with Gasteiger partial charge in [0.15, 0.2) is 0 Å². The minimum Gasteiger partial charge on any atom is -0.508 e. The first-order chi connectivity index (χ1) is 15.0. The standard InChI is InChI=1S/C25H25BrN2O3/c1-15-4-6-16(7-5-15)21-14-22(19-12-17(26)8-10-23(19)29)28-25(27-21)20-13-18(30-2)9-11-24(20)31-3/h4-13,22,25,28-29H,14H2,1-3H3/t22-,25-/m0/s1. The Morgan fingerprint density at radius 3 is 2.45 bits per heavy atom. The summed E-state index contributed by atoms with van der Waals surface area (Å²) in [6.07, 6.45) is 0.286. The summed E-state index contributed by atoms with van der Waals surface area (Å²) in [5.41, 5.74) is 4.94. The van der Waals surface area contributed by atoms with Gasteiger partial charge < -0.3 is 14.6 Å². The van der Waals surface area contributed by atoms with Crippen molar-refractivity contribution in [2.45, 2.75) is 25.6 Å². The van der Waals surface area contributed by atoms with Crippen LogP contribution in [0.5, 0.6) is 17.2 Å². The summed E-state index contributed by atoms with van der Waals surface area (Å²) in [5.74, 6) is 1.71. The minimum atomic E-state index is -0.363. The fourth-order valence-electron chi connectivity index (χ4n) is 3.84. The van der Waals surface area contributed by atoms with Gasteiger partial charge in [-0.05, 0) is 48.9 Å². The smallest absolute Gasteiger partial charge is 0.130 e. The van der Waals surface area contributed by atoms with E-state index < -0.39 is 0 Å². The van der Waals surface area contributed by atoms with Gasteiger partial charge in [-0.3, -0.25) is 10.3 Å². The molecule has 2 N–H and O–H groups in total. The summed E-state index contributed by atoms with van der Waals surface area (Å²) in [7, 11) is 3.29. The summed E-state index contributed by atoms with van der Waals surface area (Å²) in [5, 5.41) is 14.2. The number of aryl methyl sites for hydroxylation is 1. The third kappa shape index (κ3) is 4.60. The van der Waals surface area contributed by atoms with Crippen LogP contribution in [0.15, 0.2) is 70.1 Å². The highest BCUT2D eigenvalue weighted by atomic mass is 79.9. The zero-order chi connectivity index (χ0) is 22.0. The maximum absolute atomic E-state index is 10.6. The summed E-state index contributed by atoms with van der Waals surface area (Å²) in [6, 6.07) is 19.4. The Morgan fingerprint density at radius 1 is 0.968 bits per heavy atom. The zero-order valence-electron chi connectivity index (χ0n) is 17.7. The molecule has 1 aliphatic rings. The van der Waals surface area contributed by atoms with Crippen LogP contribution in [0.25, 0.3) is 0 Å². The largest absolute Gasteiger partial charge is 0.508 e. The van der Waals surface area contributed by atoms with Crippen molar-refractivity contribution in [2.24, 2.45) is 4.99 Å². The van der Waals surface area contributed by atoms with Crippen molar-refractivity contribution in [2.75, 3.05) is 14.2 Å². The van der Waals surface area contributed by atoms with Crippen LogP contribution < -0.4 is 14.8 Å². The first-order valence-electron chi connectivity index (χ1n) is 10.1. The van der Waals surface area contributed by atoms with Crippen LogP contribution in [-0.4, -0.2) is 25.0 Å². The van der Waals surface area contributed by atoms with Crippen LogP contribution in [0.1, 0.15) is 40.9 Å². The molecule has 0 aromatic heterocycles. The Hall–Kier alpha value is -2.83. The van der Waals surface area contributed by atoms with E-state index in [4.69, 9.17) is 14.5 Å². The predicted octanol–water partition coefficient (Wildman–Crippen LogP) is 5.70. The van der Waals surface area contributed by atoms with Crippen molar-refractivity contribution in [1.29, 1.82) is 0 Å². The number of halogens is 1. The number of nitrogens with one attached hydrogen (secondary N) is 1. The van der Waals surface area contributed by atoms with Crippen LogP contribution >= 0.6 is 15.9 Å². The first-order valence-corrected chi connectivity index (χ1v) is 10.9. The van der Waals surface area contributed by atoms with Gasteiger partial charge in [0.2, 0.25) is 0 Å². The summed E-state index contributed by atoms with van der Waals surface area (Å²) >= 11 is 3.53. The second-order valence-corrected chi connectivity index (χ2v) is 8.49. The lowest BCUT2D eigenvalue weighted by atomic mass is 9.93. The molecule has 0 saturated heterocycles. The molecule has 3 aromatic rings. The van der Waals surface area contributed by atoms with Crippen LogP contribution in [-0.2, 0) is 0 Å². The van der Waals surface area contributed by atoms with Gasteiger partial charge in [0.1, 0.15) is 23.4 Å². The Labute approximate surface area is 190 Å². The molecule has 0 aliphatic carbocycles. The van der Waals surface area contributed by atoms with Crippen LogP contribution in [0.4, 0.5) is 0 Å². The topological polar surface area (TPSA) is 63.1 Å². The number of methoxy groups -OCH3 is 2. The fourth-order valence-corrected chi connectivity index (χ4v) is 4.22.